The predicted molar refractivity (Wildman–Crippen MR) is 102 cm³/mol. The van der Waals surface area contributed by atoms with E-state index in [9.17, 15) is 19.8 Å². The molecule has 0 saturated carbocycles. The highest BCUT2D eigenvalue weighted by molar-refractivity contribution is 5.98. The Kier molecular flexibility index (Phi) is 4.86. The molecule has 2 heterocycles. The highest BCUT2D eigenvalue weighted by Crippen LogP contribution is 2.39. The van der Waals surface area contributed by atoms with Crippen LogP contribution in [-0.4, -0.2) is 28.2 Å². The normalized spacial score (nSPS) is 19.6. The van der Waals surface area contributed by atoms with Crippen LogP contribution < -0.4 is 5.63 Å². The summed E-state index contributed by atoms with van der Waals surface area (Å²) in [5, 5.41) is 21.2. The first kappa shape index (κ1) is 19.2. The van der Waals surface area contributed by atoms with Gasteiger partial charge < -0.3 is 19.4 Å². The molecule has 0 bridgehead atoms. The number of phenols is 1. The van der Waals surface area contributed by atoms with Gasteiger partial charge in [0.1, 0.15) is 28.8 Å². The molecule has 1 aromatic carbocycles. The number of hydrogen-bond acceptors (Lipinski definition) is 6. The molecule has 0 aliphatic carbocycles. The van der Waals surface area contributed by atoms with E-state index >= 15 is 0 Å². The molecule has 3 atom stereocenters. The Balaban J connectivity index is 2.36. The lowest BCUT2D eigenvalue weighted by molar-refractivity contribution is -0.117. The third kappa shape index (κ3) is 3.25. The maximum atomic E-state index is 12.6. The zero-order chi connectivity index (χ0) is 20.0. The summed E-state index contributed by atoms with van der Waals surface area (Å²) in [5.74, 6) is -0.188. The average Bonchev–Trinajstić information content (AvgIpc) is 2.59. The van der Waals surface area contributed by atoms with E-state index in [-0.39, 0.29) is 46.9 Å². The number of aromatic hydroxyl groups is 1. The first-order valence-corrected chi connectivity index (χ1v) is 9.01. The molecule has 0 saturated heterocycles. The molecule has 0 unspecified atom stereocenters. The fourth-order valence-electron chi connectivity index (χ4n) is 3.59. The summed E-state index contributed by atoms with van der Waals surface area (Å²) < 4.78 is 11.2. The van der Waals surface area contributed by atoms with Crippen molar-refractivity contribution < 1.29 is 24.2 Å². The van der Waals surface area contributed by atoms with Crippen molar-refractivity contribution in [1.82, 2.24) is 0 Å². The zero-order valence-corrected chi connectivity index (χ0v) is 16.1. The number of ketones is 1. The van der Waals surface area contributed by atoms with Crippen molar-refractivity contribution in [3.8, 4) is 5.75 Å². The maximum absolute atomic E-state index is 12.6. The smallest absolute Gasteiger partial charge is 0.347 e. The van der Waals surface area contributed by atoms with Crippen LogP contribution in [0.5, 0.6) is 5.75 Å². The first-order valence-electron chi connectivity index (χ1n) is 9.01. The number of hydrogen-bond donors (Lipinski definition) is 2. The second-order valence-electron chi connectivity index (χ2n) is 7.34. The standard InChI is InChI=1S/C21H24O6/c1-9-6-14(23)7-17(26-9)15-8-16-18(10(2)13(5)22)11(3)19(24)12(4)20(16)27-21(15)25/h7-10,13,22,24H,6H2,1-5H3/t9-,10-,13+/m0/s1. The summed E-state index contributed by atoms with van der Waals surface area (Å²) in [6, 6.07) is 1.63. The van der Waals surface area contributed by atoms with Crippen LogP contribution >= 0.6 is 0 Å². The number of ether oxygens (including phenoxy) is 1. The van der Waals surface area contributed by atoms with Crippen molar-refractivity contribution in [3.05, 3.63) is 44.8 Å². The van der Waals surface area contributed by atoms with E-state index in [1.165, 1.54) is 6.08 Å². The van der Waals surface area contributed by atoms with Crippen molar-refractivity contribution in [2.45, 2.75) is 59.2 Å². The minimum absolute atomic E-state index is 0.0397. The molecule has 0 amide bonds. The predicted octanol–water partition coefficient (Wildman–Crippen LogP) is 3.32. The molecule has 27 heavy (non-hydrogen) atoms. The molecule has 2 aromatic rings. The lowest BCUT2D eigenvalue weighted by Gasteiger charge is -2.23. The van der Waals surface area contributed by atoms with Crippen molar-refractivity contribution in [1.29, 1.82) is 0 Å². The van der Waals surface area contributed by atoms with Gasteiger partial charge in [0.25, 0.3) is 0 Å². The van der Waals surface area contributed by atoms with Gasteiger partial charge in [-0.2, -0.15) is 0 Å². The van der Waals surface area contributed by atoms with Gasteiger partial charge in [-0.15, -0.1) is 0 Å². The summed E-state index contributed by atoms with van der Waals surface area (Å²) in [6.07, 6.45) is 0.581. The second kappa shape index (κ2) is 6.85. The Morgan fingerprint density at radius 1 is 1.19 bits per heavy atom. The Morgan fingerprint density at radius 2 is 1.85 bits per heavy atom. The van der Waals surface area contributed by atoms with Gasteiger partial charge in [0.15, 0.2) is 5.78 Å². The summed E-state index contributed by atoms with van der Waals surface area (Å²) in [6.45, 7) is 8.71. The second-order valence-corrected chi connectivity index (χ2v) is 7.34. The molecular formula is C21H24O6. The number of carbonyl (C=O) groups is 1. The maximum Gasteiger partial charge on any atom is 0.347 e. The molecule has 6 nitrogen and oxygen atoms in total. The van der Waals surface area contributed by atoms with E-state index in [1.807, 2.05) is 6.92 Å². The summed E-state index contributed by atoms with van der Waals surface area (Å²) in [7, 11) is 0. The molecule has 0 radical (unpaired) electrons. The van der Waals surface area contributed by atoms with Crippen molar-refractivity contribution in [2.24, 2.45) is 0 Å². The van der Waals surface area contributed by atoms with Gasteiger partial charge in [0.2, 0.25) is 0 Å². The van der Waals surface area contributed by atoms with E-state index in [2.05, 4.69) is 0 Å². The molecule has 2 N–H and O–H groups in total. The Bertz CT molecular complexity index is 1010. The van der Waals surface area contributed by atoms with Gasteiger partial charge in [0.05, 0.1) is 6.10 Å². The minimum atomic E-state index is -0.670. The number of benzene rings is 1. The third-order valence-corrected chi connectivity index (χ3v) is 5.25. The van der Waals surface area contributed by atoms with Gasteiger partial charge in [0, 0.05) is 29.4 Å². The molecule has 3 rings (SSSR count). The largest absolute Gasteiger partial charge is 0.507 e. The topological polar surface area (TPSA) is 97.0 Å². The van der Waals surface area contributed by atoms with E-state index < -0.39 is 11.7 Å². The average molecular weight is 372 g/mol. The van der Waals surface area contributed by atoms with Crippen LogP contribution in [0.1, 0.15) is 55.4 Å². The quantitative estimate of drug-likeness (QED) is 0.802. The first-order chi connectivity index (χ1) is 12.6. The number of allylic oxidation sites excluding steroid dienone is 1. The number of aliphatic hydroxyl groups excluding tert-OH is 1. The van der Waals surface area contributed by atoms with Gasteiger partial charge in [-0.25, -0.2) is 4.79 Å². The summed E-state index contributed by atoms with van der Waals surface area (Å²) in [5.41, 5.74) is 1.56. The Hall–Kier alpha value is -2.60. The summed E-state index contributed by atoms with van der Waals surface area (Å²) in [4.78, 5) is 24.5. The van der Waals surface area contributed by atoms with Crippen LogP contribution in [0.3, 0.4) is 0 Å². The molecule has 1 aliphatic heterocycles. The molecule has 6 heteroatoms. The van der Waals surface area contributed by atoms with Crippen molar-refractivity contribution in [2.75, 3.05) is 0 Å². The van der Waals surface area contributed by atoms with Crippen LogP contribution in [0.4, 0.5) is 0 Å². The number of rotatable bonds is 3. The van der Waals surface area contributed by atoms with Crippen LogP contribution in [-0.2, 0) is 9.53 Å². The minimum Gasteiger partial charge on any atom is -0.507 e. The number of phenolic OH excluding ortho intramolecular Hbond substituents is 1. The molecule has 0 spiro atoms. The molecule has 1 aliphatic rings. The van der Waals surface area contributed by atoms with Crippen LogP contribution in [0.15, 0.2) is 21.4 Å². The molecule has 0 fully saturated rings. The van der Waals surface area contributed by atoms with Crippen molar-refractivity contribution >= 4 is 22.5 Å². The third-order valence-electron chi connectivity index (χ3n) is 5.25. The highest BCUT2D eigenvalue weighted by Gasteiger charge is 2.26. The molecule has 1 aromatic heterocycles. The van der Waals surface area contributed by atoms with Crippen molar-refractivity contribution in [3.63, 3.8) is 0 Å². The van der Waals surface area contributed by atoms with Gasteiger partial charge in [-0.05, 0) is 44.9 Å². The lowest BCUT2D eigenvalue weighted by Crippen LogP contribution is -2.21. The number of fused-ring (bicyclic) bond motifs is 1. The summed E-state index contributed by atoms with van der Waals surface area (Å²) >= 11 is 0. The monoisotopic (exact) mass is 372 g/mol. The van der Waals surface area contributed by atoms with Gasteiger partial charge in [-0.3, -0.25) is 4.79 Å². The number of aryl methyl sites for hydroxylation is 1. The SMILES string of the molecule is Cc1c(O)c(C)c2oc(=O)c(C3=CC(=O)C[C@H](C)O3)cc2c1[C@@H](C)[C@@H](C)O. The number of aliphatic hydroxyl groups is 1. The van der Waals surface area contributed by atoms with E-state index in [4.69, 9.17) is 9.15 Å². The Morgan fingerprint density at radius 3 is 2.44 bits per heavy atom. The highest BCUT2D eigenvalue weighted by atomic mass is 16.5. The molecular weight excluding hydrogens is 348 g/mol. The van der Waals surface area contributed by atoms with E-state index in [1.54, 1.807) is 33.8 Å². The lowest BCUT2D eigenvalue weighted by atomic mass is 9.87. The van der Waals surface area contributed by atoms with E-state index in [0.717, 1.165) is 0 Å². The Labute approximate surface area is 157 Å². The van der Waals surface area contributed by atoms with E-state index in [0.29, 0.717) is 22.1 Å². The van der Waals surface area contributed by atoms with Crippen LogP contribution in [0.2, 0.25) is 0 Å². The van der Waals surface area contributed by atoms with Crippen LogP contribution in [0.25, 0.3) is 16.7 Å². The van der Waals surface area contributed by atoms with Crippen LogP contribution in [0, 0.1) is 13.8 Å². The zero-order valence-electron chi connectivity index (χ0n) is 16.1. The fraction of sp³-hybridized carbons (Fsp3) is 0.429. The fourth-order valence-corrected chi connectivity index (χ4v) is 3.59. The molecule has 144 valence electrons. The van der Waals surface area contributed by atoms with Gasteiger partial charge >= 0.3 is 5.63 Å². The van der Waals surface area contributed by atoms with Gasteiger partial charge in [-0.1, -0.05) is 6.92 Å². The number of carbonyl (C=O) groups excluding carboxylic acids is 1.